The van der Waals surface area contributed by atoms with Crippen molar-refractivity contribution in [2.24, 2.45) is 0 Å². The number of nitrogens with zero attached hydrogens (tertiary/aromatic N) is 1. The van der Waals surface area contributed by atoms with Crippen LogP contribution in [0, 0.1) is 0 Å². The molecule has 0 aliphatic rings. The van der Waals surface area contributed by atoms with Crippen LogP contribution in [0.25, 0.3) is 22.4 Å². The lowest BCUT2D eigenvalue weighted by atomic mass is 10.2. The number of para-hydroxylation sites is 3. The number of fused-ring (bicyclic) bond motifs is 1. The van der Waals surface area contributed by atoms with Gasteiger partial charge in [0.15, 0.2) is 6.61 Å². The Labute approximate surface area is 179 Å². The highest BCUT2D eigenvalue weighted by Gasteiger charge is 2.12. The fourth-order valence-corrected chi connectivity index (χ4v) is 3.11. The summed E-state index contributed by atoms with van der Waals surface area (Å²) in [7, 11) is 0. The maximum atomic E-state index is 12.3. The van der Waals surface area contributed by atoms with E-state index in [4.69, 9.17) is 9.47 Å². The Balaban J connectivity index is 1.41. The number of hydrogen-bond donors (Lipinski definition) is 2. The third kappa shape index (κ3) is 4.72. The molecule has 0 unspecified atom stereocenters. The zero-order chi connectivity index (χ0) is 21.6. The van der Waals surface area contributed by atoms with Crippen molar-refractivity contribution in [3.8, 4) is 17.1 Å². The standard InChI is InChI=1S/C24H21N3O4/c1-2-30-24(29)16-11-13-17(14-12-16)25-22(28)15-31-21-10-6-3-7-18(21)23-26-19-8-4-5-9-20(19)27-23/h3-14H,2,15H2,1H3,(H,25,28)(H,26,27). The number of ether oxygens (including phenoxy) is 2. The summed E-state index contributed by atoms with van der Waals surface area (Å²) in [6.07, 6.45) is 0. The van der Waals surface area contributed by atoms with E-state index in [9.17, 15) is 9.59 Å². The second-order valence-corrected chi connectivity index (χ2v) is 6.73. The van der Waals surface area contributed by atoms with Gasteiger partial charge in [-0.25, -0.2) is 9.78 Å². The van der Waals surface area contributed by atoms with Crippen molar-refractivity contribution in [2.45, 2.75) is 6.92 Å². The highest BCUT2D eigenvalue weighted by molar-refractivity contribution is 5.94. The number of carbonyl (C=O) groups excluding carboxylic acids is 2. The molecule has 0 saturated carbocycles. The van der Waals surface area contributed by atoms with Gasteiger partial charge in [-0.1, -0.05) is 24.3 Å². The minimum atomic E-state index is -0.397. The Bertz CT molecular complexity index is 1180. The molecule has 31 heavy (non-hydrogen) atoms. The van der Waals surface area contributed by atoms with Gasteiger partial charge < -0.3 is 19.8 Å². The summed E-state index contributed by atoms with van der Waals surface area (Å²) < 4.78 is 10.7. The minimum absolute atomic E-state index is 0.170. The van der Waals surface area contributed by atoms with Crippen LogP contribution in [-0.4, -0.2) is 35.1 Å². The van der Waals surface area contributed by atoms with E-state index in [1.807, 2.05) is 42.5 Å². The van der Waals surface area contributed by atoms with Crippen molar-refractivity contribution in [1.82, 2.24) is 9.97 Å². The monoisotopic (exact) mass is 415 g/mol. The number of carbonyl (C=O) groups is 2. The fraction of sp³-hybridized carbons (Fsp3) is 0.125. The number of anilines is 1. The van der Waals surface area contributed by atoms with Crippen LogP contribution < -0.4 is 10.1 Å². The third-order valence-corrected chi connectivity index (χ3v) is 4.57. The van der Waals surface area contributed by atoms with Crippen LogP contribution in [0.1, 0.15) is 17.3 Å². The van der Waals surface area contributed by atoms with E-state index >= 15 is 0 Å². The first kappa shape index (κ1) is 20.2. The van der Waals surface area contributed by atoms with Crippen LogP contribution in [0.4, 0.5) is 5.69 Å². The molecule has 0 aliphatic carbocycles. The lowest BCUT2D eigenvalue weighted by Gasteiger charge is -2.10. The van der Waals surface area contributed by atoms with Crippen molar-refractivity contribution in [1.29, 1.82) is 0 Å². The molecule has 0 spiro atoms. The van der Waals surface area contributed by atoms with Gasteiger partial charge in [0.2, 0.25) is 0 Å². The van der Waals surface area contributed by atoms with E-state index < -0.39 is 5.97 Å². The van der Waals surface area contributed by atoms with Gasteiger partial charge in [-0.2, -0.15) is 0 Å². The van der Waals surface area contributed by atoms with Gasteiger partial charge in [0.05, 0.1) is 28.8 Å². The molecule has 156 valence electrons. The van der Waals surface area contributed by atoms with Crippen LogP contribution in [0.2, 0.25) is 0 Å². The summed E-state index contributed by atoms with van der Waals surface area (Å²) in [5.74, 6) is 0.510. The Hall–Kier alpha value is -4.13. The maximum Gasteiger partial charge on any atom is 0.338 e. The summed E-state index contributed by atoms with van der Waals surface area (Å²) in [5, 5.41) is 2.75. The predicted octanol–water partition coefficient (Wildman–Crippen LogP) is 4.42. The first-order valence-electron chi connectivity index (χ1n) is 9.88. The summed E-state index contributed by atoms with van der Waals surface area (Å²) in [6.45, 7) is 1.89. The molecule has 0 radical (unpaired) electrons. The number of aromatic amines is 1. The molecule has 7 nitrogen and oxygen atoms in total. The highest BCUT2D eigenvalue weighted by Crippen LogP contribution is 2.29. The molecule has 1 aromatic heterocycles. The van der Waals surface area contributed by atoms with E-state index in [-0.39, 0.29) is 12.5 Å². The van der Waals surface area contributed by atoms with Crippen LogP contribution in [0.5, 0.6) is 5.75 Å². The van der Waals surface area contributed by atoms with Crippen molar-refractivity contribution in [2.75, 3.05) is 18.5 Å². The molecule has 4 rings (SSSR count). The van der Waals surface area contributed by atoms with E-state index in [1.54, 1.807) is 37.3 Å². The minimum Gasteiger partial charge on any atom is -0.483 e. The zero-order valence-electron chi connectivity index (χ0n) is 16.9. The molecular formula is C24H21N3O4. The lowest BCUT2D eigenvalue weighted by molar-refractivity contribution is -0.118. The van der Waals surface area contributed by atoms with Gasteiger partial charge in [0.25, 0.3) is 5.91 Å². The number of rotatable bonds is 7. The largest absolute Gasteiger partial charge is 0.483 e. The van der Waals surface area contributed by atoms with Gasteiger partial charge in [-0.05, 0) is 55.5 Å². The number of amides is 1. The highest BCUT2D eigenvalue weighted by atomic mass is 16.5. The van der Waals surface area contributed by atoms with Gasteiger partial charge in [-0.15, -0.1) is 0 Å². The molecule has 1 amide bonds. The molecular weight excluding hydrogens is 394 g/mol. The van der Waals surface area contributed by atoms with Crippen LogP contribution in [-0.2, 0) is 9.53 Å². The van der Waals surface area contributed by atoms with Gasteiger partial charge in [-0.3, -0.25) is 4.79 Å². The van der Waals surface area contributed by atoms with E-state index in [0.717, 1.165) is 16.6 Å². The number of nitrogens with one attached hydrogen (secondary N) is 2. The second-order valence-electron chi connectivity index (χ2n) is 6.73. The molecule has 0 atom stereocenters. The summed E-state index contributed by atoms with van der Waals surface area (Å²) in [6, 6.07) is 21.7. The first-order valence-corrected chi connectivity index (χ1v) is 9.88. The Kier molecular flexibility index (Phi) is 5.93. The topological polar surface area (TPSA) is 93.3 Å². The first-order chi connectivity index (χ1) is 15.1. The van der Waals surface area contributed by atoms with Gasteiger partial charge >= 0.3 is 5.97 Å². The Morgan fingerprint density at radius 1 is 0.968 bits per heavy atom. The Morgan fingerprint density at radius 2 is 1.71 bits per heavy atom. The molecule has 7 heteroatoms. The molecule has 1 heterocycles. The van der Waals surface area contributed by atoms with Crippen molar-refractivity contribution >= 4 is 28.6 Å². The molecule has 0 bridgehead atoms. The summed E-state index contributed by atoms with van der Waals surface area (Å²) >= 11 is 0. The number of hydrogen-bond acceptors (Lipinski definition) is 5. The van der Waals surface area contributed by atoms with Crippen LogP contribution in [0.15, 0.2) is 72.8 Å². The normalized spacial score (nSPS) is 10.6. The molecule has 0 aliphatic heterocycles. The van der Waals surface area contributed by atoms with Crippen LogP contribution in [0.3, 0.4) is 0 Å². The van der Waals surface area contributed by atoms with Gasteiger partial charge in [0.1, 0.15) is 11.6 Å². The number of aromatic nitrogens is 2. The smallest absolute Gasteiger partial charge is 0.338 e. The quantitative estimate of drug-likeness (QED) is 0.436. The number of imidazole rings is 1. The molecule has 2 N–H and O–H groups in total. The predicted molar refractivity (Wildman–Crippen MR) is 118 cm³/mol. The second kappa shape index (κ2) is 9.13. The molecule has 3 aromatic carbocycles. The van der Waals surface area contributed by atoms with Crippen molar-refractivity contribution < 1.29 is 19.1 Å². The average molecular weight is 415 g/mol. The van der Waals surface area contributed by atoms with E-state index in [0.29, 0.717) is 29.4 Å². The van der Waals surface area contributed by atoms with E-state index in [1.165, 1.54) is 0 Å². The summed E-state index contributed by atoms with van der Waals surface area (Å²) in [4.78, 5) is 31.9. The average Bonchev–Trinajstić information content (AvgIpc) is 3.23. The van der Waals surface area contributed by atoms with E-state index in [2.05, 4.69) is 15.3 Å². The fourth-order valence-electron chi connectivity index (χ4n) is 3.11. The zero-order valence-corrected chi connectivity index (χ0v) is 16.9. The third-order valence-electron chi connectivity index (χ3n) is 4.57. The number of H-pyrrole nitrogens is 1. The lowest BCUT2D eigenvalue weighted by Crippen LogP contribution is -2.20. The maximum absolute atomic E-state index is 12.3. The summed E-state index contributed by atoms with van der Waals surface area (Å²) in [5.41, 5.74) is 3.54. The van der Waals surface area contributed by atoms with Crippen LogP contribution >= 0.6 is 0 Å². The molecule has 0 fully saturated rings. The van der Waals surface area contributed by atoms with Crippen molar-refractivity contribution in [3.05, 3.63) is 78.4 Å². The van der Waals surface area contributed by atoms with Crippen molar-refractivity contribution in [3.63, 3.8) is 0 Å². The number of benzene rings is 3. The Morgan fingerprint density at radius 3 is 2.48 bits per heavy atom. The molecule has 0 saturated heterocycles. The SMILES string of the molecule is CCOC(=O)c1ccc(NC(=O)COc2ccccc2-c2nc3ccccc3[nH]2)cc1. The number of esters is 1. The van der Waals surface area contributed by atoms with Gasteiger partial charge in [0, 0.05) is 5.69 Å². The molecule has 4 aromatic rings.